The molecule has 2 aromatic carbocycles. The quantitative estimate of drug-likeness (QED) is 0.0987. The minimum atomic E-state index is -2.26. The summed E-state index contributed by atoms with van der Waals surface area (Å²) in [4.78, 5) is 11.6. The number of carbonyl (C=O) groups is 1. The van der Waals surface area contributed by atoms with Crippen LogP contribution in [0.1, 0.15) is 100 Å². The van der Waals surface area contributed by atoms with Crippen LogP contribution in [-0.2, 0) is 16.0 Å². The van der Waals surface area contributed by atoms with E-state index < -0.39 is 25.7 Å². The third-order valence-corrected chi connectivity index (χ3v) is 12.4. The molecular weight excluding hydrogens is 534 g/mol. The zero-order chi connectivity index (χ0) is 30.0. The van der Waals surface area contributed by atoms with E-state index in [0.29, 0.717) is 28.7 Å². The highest BCUT2D eigenvalue weighted by Gasteiger charge is 2.32. The second-order valence-electron chi connectivity index (χ2n) is 12.8. The van der Waals surface area contributed by atoms with Gasteiger partial charge < -0.3 is 9.84 Å². The number of carbonyl (C=O) groups excluding carboxylic acids is 1. The average molecular weight is 585 g/mol. The van der Waals surface area contributed by atoms with Gasteiger partial charge in [-0.1, -0.05) is 88.3 Å². The first kappa shape index (κ1) is 33.2. The molecule has 3 nitrogen and oxygen atoms in total. The molecule has 0 saturated heterocycles. The van der Waals surface area contributed by atoms with Gasteiger partial charge >= 0.3 is 5.97 Å². The number of hydrogen-bond donors (Lipinski definition) is 1. The van der Waals surface area contributed by atoms with Crippen LogP contribution in [-0.4, -0.2) is 32.4 Å². The molecule has 41 heavy (non-hydrogen) atoms. The minimum absolute atomic E-state index is 0.0557. The number of aliphatic hydroxyl groups is 1. The van der Waals surface area contributed by atoms with Gasteiger partial charge in [0.25, 0.3) is 0 Å². The molecule has 1 saturated carbocycles. The van der Waals surface area contributed by atoms with E-state index in [9.17, 15) is 9.90 Å². The summed E-state index contributed by atoms with van der Waals surface area (Å²) in [5, 5.41) is 10.2. The first-order chi connectivity index (χ1) is 19.6. The van der Waals surface area contributed by atoms with Crippen molar-refractivity contribution in [3.05, 3.63) is 76.9 Å². The SMILES string of the molecule is C=C(C)C(=O)OCC(CO)CCC[Si](C)(C)c1ccc(C2CCC(c3ccc(CCCCC)cc3)CC2)c(F)c1F. The van der Waals surface area contributed by atoms with Crippen LogP contribution < -0.4 is 5.19 Å². The molecule has 1 unspecified atom stereocenters. The third-order valence-electron chi connectivity index (χ3n) is 9.00. The van der Waals surface area contributed by atoms with Crippen LogP contribution in [0.5, 0.6) is 0 Å². The normalized spacial score (nSPS) is 18.2. The highest BCUT2D eigenvalue weighted by atomic mass is 28.3. The Bertz CT molecular complexity index is 1140. The molecule has 3 rings (SSSR count). The first-order valence-corrected chi connectivity index (χ1v) is 18.8. The van der Waals surface area contributed by atoms with Crippen molar-refractivity contribution < 1.29 is 23.4 Å². The lowest BCUT2D eigenvalue weighted by Crippen LogP contribution is -2.44. The van der Waals surface area contributed by atoms with Crippen molar-refractivity contribution >= 4 is 19.2 Å². The summed E-state index contributed by atoms with van der Waals surface area (Å²) in [5.41, 5.74) is 3.62. The molecular formula is C35H50F2O3Si. The molecule has 0 radical (unpaired) electrons. The van der Waals surface area contributed by atoms with E-state index >= 15 is 8.78 Å². The molecule has 0 aromatic heterocycles. The first-order valence-electron chi connectivity index (χ1n) is 15.6. The summed E-state index contributed by atoms with van der Waals surface area (Å²) in [6.07, 6.45) is 10.0. The Morgan fingerprint density at radius 3 is 2.27 bits per heavy atom. The minimum Gasteiger partial charge on any atom is -0.462 e. The number of benzene rings is 2. The van der Waals surface area contributed by atoms with Crippen molar-refractivity contribution in [3.63, 3.8) is 0 Å². The van der Waals surface area contributed by atoms with Gasteiger partial charge in [0.2, 0.25) is 0 Å². The number of halogens is 2. The van der Waals surface area contributed by atoms with E-state index in [1.165, 1.54) is 30.4 Å². The number of aryl methyl sites for hydroxylation is 1. The molecule has 1 atom stereocenters. The van der Waals surface area contributed by atoms with Crippen LogP contribution >= 0.6 is 0 Å². The molecule has 0 spiro atoms. The third kappa shape index (κ3) is 9.34. The van der Waals surface area contributed by atoms with Crippen LogP contribution in [0.25, 0.3) is 0 Å². The van der Waals surface area contributed by atoms with E-state index in [0.717, 1.165) is 44.6 Å². The van der Waals surface area contributed by atoms with Gasteiger partial charge in [-0.25, -0.2) is 13.6 Å². The van der Waals surface area contributed by atoms with Crippen LogP contribution in [0.2, 0.25) is 19.1 Å². The summed E-state index contributed by atoms with van der Waals surface area (Å²) < 4.78 is 36.2. The van der Waals surface area contributed by atoms with Crippen LogP contribution in [0.15, 0.2) is 48.6 Å². The topological polar surface area (TPSA) is 46.5 Å². The second-order valence-corrected chi connectivity index (χ2v) is 17.6. The zero-order valence-electron chi connectivity index (χ0n) is 25.6. The van der Waals surface area contributed by atoms with Gasteiger partial charge in [-0.05, 0) is 85.6 Å². The second kappa shape index (κ2) is 15.8. The lowest BCUT2D eigenvalue weighted by Gasteiger charge is -2.30. The Kier molecular flexibility index (Phi) is 12.8. The molecule has 2 aromatic rings. The van der Waals surface area contributed by atoms with Crippen LogP contribution in [0.4, 0.5) is 8.78 Å². The lowest BCUT2D eigenvalue weighted by atomic mass is 9.76. The summed E-state index contributed by atoms with van der Waals surface area (Å²) >= 11 is 0. The van der Waals surface area contributed by atoms with Gasteiger partial charge in [0, 0.05) is 18.1 Å². The van der Waals surface area contributed by atoms with Crippen molar-refractivity contribution in [1.29, 1.82) is 0 Å². The predicted octanol–water partition coefficient (Wildman–Crippen LogP) is 8.56. The molecule has 0 amide bonds. The fraction of sp³-hybridized carbons (Fsp3) is 0.571. The fourth-order valence-electron chi connectivity index (χ4n) is 6.19. The molecule has 226 valence electrons. The highest BCUT2D eigenvalue weighted by Crippen LogP contribution is 2.41. The van der Waals surface area contributed by atoms with Gasteiger partial charge in [-0.2, -0.15) is 0 Å². The Morgan fingerprint density at radius 1 is 1.00 bits per heavy atom. The summed E-state index contributed by atoms with van der Waals surface area (Å²) in [6.45, 7) is 11.6. The lowest BCUT2D eigenvalue weighted by molar-refractivity contribution is -0.140. The van der Waals surface area contributed by atoms with E-state index in [1.807, 2.05) is 12.1 Å². The maximum Gasteiger partial charge on any atom is 0.333 e. The monoisotopic (exact) mass is 584 g/mol. The number of rotatable bonds is 15. The van der Waals surface area contributed by atoms with E-state index in [1.54, 1.807) is 6.92 Å². The summed E-state index contributed by atoms with van der Waals surface area (Å²) in [5.74, 6) is -1.43. The smallest absolute Gasteiger partial charge is 0.333 e. The van der Waals surface area contributed by atoms with Crippen molar-refractivity contribution in [2.24, 2.45) is 5.92 Å². The largest absolute Gasteiger partial charge is 0.462 e. The highest BCUT2D eigenvalue weighted by molar-refractivity contribution is 6.89. The fourth-order valence-corrected chi connectivity index (χ4v) is 8.78. The van der Waals surface area contributed by atoms with Crippen molar-refractivity contribution in [1.82, 2.24) is 0 Å². The van der Waals surface area contributed by atoms with Gasteiger partial charge in [0.05, 0.1) is 14.7 Å². The van der Waals surface area contributed by atoms with Crippen molar-refractivity contribution in [3.8, 4) is 0 Å². The van der Waals surface area contributed by atoms with E-state index in [2.05, 4.69) is 50.9 Å². The maximum absolute atomic E-state index is 15.5. The van der Waals surface area contributed by atoms with Gasteiger partial charge in [0.1, 0.15) is 0 Å². The Morgan fingerprint density at radius 2 is 1.66 bits per heavy atom. The molecule has 1 aliphatic rings. The number of aliphatic hydroxyl groups excluding tert-OH is 1. The Hall–Kier alpha value is -2.31. The number of esters is 1. The summed E-state index contributed by atoms with van der Waals surface area (Å²) in [7, 11) is -2.26. The molecule has 1 fully saturated rings. The van der Waals surface area contributed by atoms with Crippen LogP contribution in [0, 0.1) is 17.6 Å². The summed E-state index contributed by atoms with van der Waals surface area (Å²) in [6, 6.07) is 13.5. The zero-order valence-corrected chi connectivity index (χ0v) is 26.6. The van der Waals surface area contributed by atoms with Crippen molar-refractivity contribution in [2.45, 2.75) is 109 Å². The van der Waals surface area contributed by atoms with Gasteiger partial charge in [-0.15, -0.1) is 0 Å². The number of hydrogen-bond acceptors (Lipinski definition) is 3. The molecule has 0 heterocycles. The number of ether oxygens (including phenoxy) is 1. The Balaban J connectivity index is 1.55. The Labute approximate surface area is 247 Å². The van der Waals surface area contributed by atoms with E-state index in [-0.39, 0.29) is 25.0 Å². The standard InChI is InChI=1S/C35H50F2O3Si/c1-6-7-8-10-26-12-14-28(15-13-26)29-16-18-30(19-17-29)31-20-21-32(34(37)33(31)36)41(4,5)22-9-11-27(23-38)24-40-35(39)25(2)3/h12-15,20-21,27,29-30,38H,2,6-11,16-19,22-24H2,1,3-5H3. The molecule has 0 bridgehead atoms. The van der Waals surface area contributed by atoms with Crippen molar-refractivity contribution in [2.75, 3.05) is 13.2 Å². The van der Waals surface area contributed by atoms with Gasteiger partial charge in [-0.3, -0.25) is 0 Å². The molecule has 6 heteroatoms. The van der Waals surface area contributed by atoms with Crippen LogP contribution in [0.3, 0.4) is 0 Å². The van der Waals surface area contributed by atoms with Gasteiger partial charge in [0.15, 0.2) is 11.6 Å². The van der Waals surface area contributed by atoms with E-state index in [4.69, 9.17) is 4.74 Å². The predicted molar refractivity (Wildman–Crippen MR) is 167 cm³/mol. The number of unbranched alkanes of at least 4 members (excludes halogenated alkanes) is 2. The molecule has 1 N–H and O–H groups in total. The molecule has 1 aliphatic carbocycles. The average Bonchev–Trinajstić information content (AvgIpc) is 2.96. The molecule has 0 aliphatic heterocycles. The maximum atomic E-state index is 15.5.